The van der Waals surface area contributed by atoms with Gasteiger partial charge in [-0.2, -0.15) is 0 Å². The van der Waals surface area contributed by atoms with Crippen LogP contribution in [0.2, 0.25) is 0 Å². The van der Waals surface area contributed by atoms with Crippen LogP contribution >= 0.6 is 0 Å². The molecule has 1 aliphatic rings. The molecular weight excluding hydrogens is 230 g/mol. The molecule has 106 valence electrons. The Morgan fingerprint density at radius 1 is 1.21 bits per heavy atom. The summed E-state index contributed by atoms with van der Waals surface area (Å²) < 4.78 is 0. The number of benzene rings is 1. The van der Waals surface area contributed by atoms with Crippen molar-refractivity contribution < 1.29 is 0 Å². The van der Waals surface area contributed by atoms with Crippen molar-refractivity contribution in [2.75, 3.05) is 6.54 Å². The fourth-order valence-corrected chi connectivity index (χ4v) is 3.47. The first kappa shape index (κ1) is 14.6. The zero-order valence-electron chi connectivity index (χ0n) is 13.0. The zero-order chi connectivity index (χ0) is 13.9. The van der Waals surface area contributed by atoms with Gasteiger partial charge in [-0.1, -0.05) is 44.2 Å². The summed E-state index contributed by atoms with van der Waals surface area (Å²) in [7, 11) is 0. The van der Waals surface area contributed by atoms with Crippen LogP contribution in [0.3, 0.4) is 0 Å². The molecule has 3 atom stereocenters. The van der Waals surface area contributed by atoms with Gasteiger partial charge in [-0.25, -0.2) is 0 Å². The van der Waals surface area contributed by atoms with Crippen LogP contribution in [0.1, 0.15) is 52.5 Å². The van der Waals surface area contributed by atoms with E-state index < -0.39 is 0 Å². The molecule has 0 spiro atoms. The topological polar surface area (TPSA) is 3.24 Å². The van der Waals surface area contributed by atoms with E-state index in [1.807, 2.05) is 0 Å². The molecule has 0 aliphatic carbocycles. The Morgan fingerprint density at radius 3 is 2.53 bits per heavy atom. The van der Waals surface area contributed by atoms with E-state index in [9.17, 15) is 0 Å². The largest absolute Gasteiger partial charge is 0.295 e. The molecule has 1 fully saturated rings. The SMILES string of the molecule is CCC1(C)CCC(C)C(C)N1CCc1ccccc1. The van der Waals surface area contributed by atoms with Crippen LogP contribution in [0.15, 0.2) is 30.3 Å². The van der Waals surface area contributed by atoms with Crippen molar-refractivity contribution in [3.63, 3.8) is 0 Å². The molecule has 1 heteroatoms. The monoisotopic (exact) mass is 259 g/mol. The molecule has 0 aromatic heterocycles. The molecule has 0 radical (unpaired) electrons. The lowest BCUT2D eigenvalue weighted by Crippen LogP contribution is -2.56. The highest BCUT2D eigenvalue weighted by molar-refractivity contribution is 5.15. The second-order valence-electron chi connectivity index (χ2n) is 6.54. The van der Waals surface area contributed by atoms with Gasteiger partial charge in [0.15, 0.2) is 0 Å². The predicted molar refractivity (Wildman–Crippen MR) is 83.4 cm³/mol. The highest BCUT2D eigenvalue weighted by Crippen LogP contribution is 2.37. The van der Waals surface area contributed by atoms with Gasteiger partial charge in [-0.3, -0.25) is 4.90 Å². The van der Waals surface area contributed by atoms with Crippen molar-refractivity contribution >= 4 is 0 Å². The molecule has 3 unspecified atom stereocenters. The van der Waals surface area contributed by atoms with Gasteiger partial charge in [0.05, 0.1) is 0 Å². The molecule has 0 saturated carbocycles. The molecule has 1 aliphatic heterocycles. The molecule has 0 bridgehead atoms. The average molecular weight is 259 g/mol. The van der Waals surface area contributed by atoms with E-state index in [4.69, 9.17) is 0 Å². The van der Waals surface area contributed by atoms with E-state index in [0.29, 0.717) is 11.6 Å². The Kier molecular flexibility index (Phi) is 4.67. The molecule has 1 heterocycles. The fraction of sp³-hybridized carbons (Fsp3) is 0.667. The average Bonchev–Trinajstić information content (AvgIpc) is 2.44. The van der Waals surface area contributed by atoms with Crippen LogP contribution in [0.5, 0.6) is 0 Å². The summed E-state index contributed by atoms with van der Waals surface area (Å²) >= 11 is 0. The first-order valence-corrected chi connectivity index (χ1v) is 7.87. The van der Waals surface area contributed by atoms with Gasteiger partial charge in [0.25, 0.3) is 0 Å². The quantitative estimate of drug-likeness (QED) is 0.768. The molecule has 1 aromatic carbocycles. The Labute approximate surface area is 119 Å². The maximum atomic E-state index is 2.77. The second kappa shape index (κ2) is 6.09. The van der Waals surface area contributed by atoms with Crippen molar-refractivity contribution in [3.05, 3.63) is 35.9 Å². The third kappa shape index (κ3) is 3.20. The minimum Gasteiger partial charge on any atom is -0.295 e. The number of piperidine rings is 1. The number of hydrogen-bond acceptors (Lipinski definition) is 1. The minimum atomic E-state index is 0.403. The maximum Gasteiger partial charge on any atom is 0.0182 e. The van der Waals surface area contributed by atoms with Gasteiger partial charge in [-0.05, 0) is 51.0 Å². The van der Waals surface area contributed by atoms with E-state index in [-0.39, 0.29) is 0 Å². The first-order valence-electron chi connectivity index (χ1n) is 7.87. The van der Waals surface area contributed by atoms with Crippen LogP contribution in [0.25, 0.3) is 0 Å². The molecule has 1 saturated heterocycles. The van der Waals surface area contributed by atoms with E-state index >= 15 is 0 Å². The Hall–Kier alpha value is -0.820. The third-order valence-electron chi connectivity index (χ3n) is 5.39. The van der Waals surface area contributed by atoms with Gasteiger partial charge in [0.1, 0.15) is 0 Å². The molecule has 1 aromatic rings. The standard InChI is InChI=1S/C18H29N/c1-5-18(4)13-11-15(2)16(3)19(18)14-12-17-9-7-6-8-10-17/h6-10,15-16H,5,11-14H2,1-4H3. The molecular formula is C18H29N. The normalized spacial score (nSPS) is 32.4. The van der Waals surface area contributed by atoms with Crippen molar-refractivity contribution in [3.8, 4) is 0 Å². The van der Waals surface area contributed by atoms with Crippen LogP contribution in [-0.2, 0) is 6.42 Å². The number of hydrogen-bond donors (Lipinski definition) is 0. The van der Waals surface area contributed by atoms with Crippen molar-refractivity contribution in [2.24, 2.45) is 5.92 Å². The molecule has 2 rings (SSSR count). The van der Waals surface area contributed by atoms with Gasteiger partial charge >= 0.3 is 0 Å². The fourth-order valence-electron chi connectivity index (χ4n) is 3.47. The summed E-state index contributed by atoms with van der Waals surface area (Å²) in [6.45, 7) is 10.8. The molecule has 19 heavy (non-hydrogen) atoms. The summed E-state index contributed by atoms with van der Waals surface area (Å²) in [6.07, 6.45) is 5.17. The van der Waals surface area contributed by atoms with E-state index in [2.05, 4.69) is 62.9 Å². The van der Waals surface area contributed by atoms with Crippen LogP contribution in [0, 0.1) is 5.92 Å². The summed E-state index contributed by atoms with van der Waals surface area (Å²) in [6, 6.07) is 11.6. The van der Waals surface area contributed by atoms with E-state index in [0.717, 1.165) is 5.92 Å². The van der Waals surface area contributed by atoms with E-state index in [1.165, 1.54) is 37.8 Å². The van der Waals surface area contributed by atoms with Crippen molar-refractivity contribution in [2.45, 2.75) is 65.0 Å². The number of rotatable bonds is 4. The maximum absolute atomic E-state index is 2.77. The van der Waals surface area contributed by atoms with Crippen LogP contribution in [-0.4, -0.2) is 23.0 Å². The van der Waals surface area contributed by atoms with Crippen LogP contribution in [0.4, 0.5) is 0 Å². The van der Waals surface area contributed by atoms with Crippen molar-refractivity contribution in [1.29, 1.82) is 0 Å². The van der Waals surface area contributed by atoms with E-state index in [1.54, 1.807) is 0 Å². The smallest absolute Gasteiger partial charge is 0.0182 e. The highest BCUT2D eigenvalue weighted by atomic mass is 15.2. The Balaban J connectivity index is 2.06. The molecule has 1 nitrogen and oxygen atoms in total. The zero-order valence-corrected chi connectivity index (χ0v) is 13.0. The lowest BCUT2D eigenvalue weighted by Gasteiger charge is -2.51. The summed E-state index contributed by atoms with van der Waals surface area (Å²) in [5.74, 6) is 0.829. The first-order chi connectivity index (χ1) is 9.07. The van der Waals surface area contributed by atoms with Gasteiger partial charge in [-0.15, -0.1) is 0 Å². The Morgan fingerprint density at radius 2 is 1.89 bits per heavy atom. The summed E-state index contributed by atoms with van der Waals surface area (Å²) in [4.78, 5) is 2.77. The predicted octanol–water partition coefficient (Wildman–Crippen LogP) is 4.52. The highest BCUT2D eigenvalue weighted by Gasteiger charge is 2.39. The lowest BCUT2D eigenvalue weighted by atomic mass is 9.78. The summed E-state index contributed by atoms with van der Waals surface area (Å²) in [5, 5.41) is 0. The minimum absolute atomic E-state index is 0.403. The third-order valence-corrected chi connectivity index (χ3v) is 5.39. The number of likely N-dealkylation sites (tertiary alicyclic amines) is 1. The van der Waals surface area contributed by atoms with Crippen LogP contribution < -0.4 is 0 Å². The Bertz CT molecular complexity index is 386. The molecule has 0 N–H and O–H groups in total. The van der Waals surface area contributed by atoms with Crippen molar-refractivity contribution in [1.82, 2.24) is 4.90 Å². The second-order valence-corrected chi connectivity index (χ2v) is 6.54. The van der Waals surface area contributed by atoms with Gasteiger partial charge in [0, 0.05) is 18.1 Å². The van der Waals surface area contributed by atoms with Gasteiger partial charge in [0.2, 0.25) is 0 Å². The number of nitrogens with zero attached hydrogens (tertiary/aromatic N) is 1. The molecule has 0 amide bonds. The van der Waals surface area contributed by atoms with Gasteiger partial charge < -0.3 is 0 Å². The summed E-state index contributed by atoms with van der Waals surface area (Å²) in [5.41, 5.74) is 1.87. The lowest BCUT2D eigenvalue weighted by molar-refractivity contribution is -0.0113.